The number of aromatic hydroxyl groups is 1. The van der Waals surface area contributed by atoms with Crippen LogP contribution in [-0.2, 0) is 5.41 Å². The molecule has 0 aliphatic heterocycles. The smallest absolute Gasteiger partial charge is 0.271 e. The number of phenols is 1. The van der Waals surface area contributed by atoms with E-state index in [0.29, 0.717) is 11.1 Å². The van der Waals surface area contributed by atoms with Crippen molar-refractivity contribution in [2.75, 3.05) is 5.32 Å². The third-order valence-electron chi connectivity index (χ3n) is 4.93. The highest BCUT2D eigenvalue weighted by atomic mass is 35.5. The summed E-state index contributed by atoms with van der Waals surface area (Å²) in [5.41, 5.74) is 1.04. The van der Waals surface area contributed by atoms with Crippen molar-refractivity contribution in [2.45, 2.75) is 42.9 Å². The van der Waals surface area contributed by atoms with E-state index in [1.807, 2.05) is 57.2 Å². The van der Waals surface area contributed by atoms with Crippen LogP contribution < -0.4 is 5.32 Å². The second-order valence-corrected chi connectivity index (χ2v) is 9.83. The fourth-order valence-corrected chi connectivity index (χ4v) is 4.42. The van der Waals surface area contributed by atoms with Gasteiger partial charge in [-0.2, -0.15) is 0 Å². The van der Waals surface area contributed by atoms with E-state index in [9.17, 15) is 20.0 Å². The van der Waals surface area contributed by atoms with Crippen molar-refractivity contribution in [3.8, 4) is 5.75 Å². The van der Waals surface area contributed by atoms with Gasteiger partial charge in [0.25, 0.3) is 11.6 Å². The van der Waals surface area contributed by atoms with Gasteiger partial charge in [0.2, 0.25) is 0 Å². The Bertz CT molecular complexity index is 1190. The van der Waals surface area contributed by atoms with E-state index < -0.39 is 16.2 Å². The topological polar surface area (TPSA) is 92.5 Å². The standard InChI is InChI=1S/C24H23ClN2O4S/c1-14-20(32-16-8-6-5-7-9-16)13-17(24(2,3)4)22(28)21(14)23(29)26-19-11-10-15(27(30)31)12-18(19)25/h5-13,28H,1-4H3,(H,26,29). The lowest BCUT2D eigenvalue weighted by Gasteiger charge is -2.25. The normalized spacial score (nSPS) is 11.3. The lowest BCUT2D eigenvalue weighted by Crippen LogP contribution is -2.18. The number of nitro benzene ring substituents is 1. The molecule has 32 heavy (non-hydrogen) atoms. The van der Waals surface area contributed by atoms with E-state index in [-0.39, 0.29) is 27.7 Å². The fraction of sp³-hybridized carbons (Fsp3) is 0.208. The third-order valence-corrected chi connectivity index (χ3v) is 6.39. The largest absolute Gasteiger partial charge is 0.507 e. The number of halogens is 1. The number of phenolic OH excluding ortho intramolecular Hbond substituents is 1. The van der Waals surface area contributed by atoms with Crippen LogP contribution in [-0.4, -0.2) is 15.9 Å². The molecule has 0 saturated heterocycles. The molecule has 166 valence electrons. The van der Waals surface area contributed by atoms with E-state index in [4.69, 9.17) is 11.6 Å². The minimum Gasteiger partial charge on any atom is -0.507 e. The summed E-state index contributed by atoms with van der Waals surface area (Å²) in [5, 5.41) is 24.7. The molecule has 6 nitrogen and oxygen atoms in total. The van der Waals surface area contributed by atoms with Crippen molar-refractivity contribution in [1.29, 1.82) is 0 Å². The van der Waals surface area contributed by atoms with Gasteiger partial charge >= 0.3 is 0 Å². The molecule has 3 aromatic rings. The predicted molar refractivity (Wildman–Crippen MR) is 128 cm³/mol. The van der Waals surface area contributed by atoms with Crippen LogP contribution in [0.2, 0.25) is 5.02 Å². The number of nitro groups is 1. The molecule has 0 unspecified atom stereocenters. The quantitative estimate of drug-likeness (QED) is 0.310. The SMILES string of the molecule is Cc1c(Sc2ccccc2)cc(C(C)(C)C)c(O)c1C(=O)Nc1ccc([N+](=O)[O-])cc1Cl. The van der Waals surface area contributed by atoms with Gasteiger partial charge in [-0.15, -0.1) is 0 Å². The zero-order chi connectivity index (χ0) is 23.6. The molecule has 0 heterocycles. The van der Waals surface area contributed by atoms with Crippen LogP contribution in [0.25, 0.3) is 0 Å². The van der Waals surface area contributed by atoms with Gasteiger partial charge in [-0.05, 0) is 42.2 Å². The Morgan fingerprint density at radius 1 is 1.12 bits per heavy atom. The van der Waals surface area contributed by atoms with E-state index >= 15 is 0 Å². The molecular weight excluding hydrogens is 448 g/mol. The van der Waals surface area contributed by atoms with E-state index in [1.165, 1.54) is 30.0 Å². The van der Waals surface area contributed by atoms with Gasteiger partial charge in [-0.3, -0.25) is 14.9 Å². The lowest BCUT2D eigenvalue weighted by atomic mass is 9.84. The molecule has 0 spiro atoms. The molecule has 8 heteroatoms. The number of hydrogen-bond acceptors (Lipinski definition) is 5. The van der Waals surface area contributed by atoms with Gasteiger partial charge in [-0.25, -0.2) is 0 Å². The first-order chi connectivity index (χ1) is 15.0. The summed E-state index contributed by atoms with van der Waals surface area (Å²) in [6, 6.07) is 15.5. The highest BCUT2D eigenvalue weighted by Crippen LogP contribution is 2.42. The first-order valence-corrected chi connectivity index (χ1v) is 11.0. The molecule has 0 fully saturated rings. The average molecular weight is 471 g/mol. The second kappa shape index (κ2) is 9.22. The molecule has 0 aliphatic carbocycles. The van der Waals surface area contributed by atoms with Crippen LogP contribution >= 0.6 is 23.4 Å². The molecular formula is C24H23ClN2O4S. The maximum Gasteiger partial charge on any atom is 0.271 e. The molecule has 0 atom stereocenters. The fourth-order valence-electron chi connectivity index (χ4n) is 3.22. The first kappa shape index (κ1) is 23.6. The average Bonchev–Trinajstić information content (AvgIpc) is 2.71. The van der Waals surface area contributed by atoms with E-state index in [2.05, 4.69) is 5.32 Å². The number of carbonyl (C=O) groups is 1. The minimum absolute atomic E-state index is 0.0375. The van der Waals surface area contributed by atoms with Gasteiger partial charge in [0.15, 0.2) is 0 Å². The predicted octanol–water partition coefficient (Wildman–Crippen LogP) is 6.96. The maximum atomic E-state index is 13.2. The first-order valence-electron chi connectivity index (χ1n) is 9.84. The highest BCUT2D eigenvalue weighted by molar-refractivity contribution is 7.99. The van der Waals surface area contributed by atoms with Crippen LogP contribution in [0.5, 0.6) is 5.75 Å². The summed E-state index contributed by atoms with van der Waals surface area (Å²) in [4.78, 5) is 25.5. The number of nitrogens with one attached hydrogen (secondary N) is 1. The van der Waals surface area contributed by atoms with Crippen LogP contribution in [0.1, 0.15) is 42.3 Å². The number of rotatable bonds is 5. The monoisotopic (exact) mass is 470 g/mol. The van der Waals surface area contributed by atoms with Crippen molar-refractivity contribution in [1.82, 2.24) is 0 Å². The van der Waals surface area contributed by atoms with Crippen LogP contribution in [0, 0.1) is 17.0 Å². The van der Waals surface area contributed by atoms with E-state index in [0.717, 1.165) is 9.79 Å². The molecule has 3 rings (SSSR count). The summed E-state index contributed by atoms with van der Waals surface area (Å²) in [6.45, 7) is 7.67. The number of carbonyl (C=O) groups excluding carboxylic acids is 1. The summed E-state index contributed by atoms with van der Waals surface area (Å²) < 4.78 is 0. The Morgan fingerprint density at radius 2 is 1.78 bits per heavy atom. The zero-order valence-electron chi connectivity index (χ0n) is 18.1. The maximum absolute atomic E-state index is 13.2. The molecule has 2 N–H and O–H groups in total. The van der Waals surface area contributed by atoms with Crippen LogP contribution in [0.15, 0.2) is 64.4 Å². The van der Waals surface area contributed by atoms with E-state index in [1.54, 1.807) is 6.92 Å². The van der Waals surface area contributed by atoms with Gasteiger partial charge in [0.05, 0.1) is 21.2 Å². The number of hydrogen-bond donors (Lipinski definition) is 2. The van der Waals surface area contributed by atoms with Gasteiger partial charge < -0.3 is 10.4 Å². The summed E-state index contributed by atoms with van der Waals surface area (Å²) in [7, 11) is 0. The number of anilines is 1. The van der Waals surface area contributed by atoms with Gasteiger partial charge in [0, 0.05) is 27.5 Å². The number of benzene rings is 3. The molecule has 0 radical (unpaired) electrons. The number of amides is 1. The lowest BCUT2D eigenvalue weighted by molar-refractivity contribution is -0.384. The Hall–Kier alpha value is -3.03. The number of nitrogens with zero attached hydrogens (tertiary/aromatic N) is 1. The summed E-state index contributed by atoms with van der Waals surface area (Å²) in [5.74, 6) is -0.639. The van der Waals surface area contributed by atoms with Crippen LogP contribution in [0.4, 0.5) is 11.4 Å². The molecule has 0 saturated carbocycles. The minimum atomic E-state index is -0.562. The number of non-ortho nitro benzene ring substituents is 1. The summed E-state index contributed by atoms with van der Waals surface area (Å²) >= 11 is 7.65. The Labute approximate surface area is 195 Å². The van der Waals surface area contributed by atoms with Gasteiger partial charge in [0.1, 0.15) is 5.75 Å². The molecule has 3 aromatic carbocycles. The van der Waals surface area contributed by atoms with Crippen molar-refractivity contribution < 1.29 is 14.8 Å². The van der Waals surface area contributed by atoms with Crippen molar-refractivity contribution in [3.63, 3.8) is 0 Å². The second-order valence-electron chi connectivity index (χ2n) is 8.31. The van der Waals surface area contributed by atoms with Crippen LogP contribution in [0.3, 0.4) is 0 Å². The molecule has 0 aromatic heterocycles. The molecule has 1 amide bonds. The highest BCUT2D eigenvalue weighted by Gasteiger charge is 2.27. The van der Waals surface area contributed by atoms with Crippen molar-refractivity contribution in [2.24, 2.45) is 0 Å². The molecule has 0 aliphatic rings. The zero-order valence-corrected chi connectivity index (χ0v) is 19.7. The molecule has 0 bridgehead atoms. The van der Waals surface area contributed by atoms with Crippen molar-refractivity contribution in [3.05, 3.63) is 86.4 Å². The van der Waals surface area contributed by atoms with Crippen molar-refractivity contribution >= 4 is 40.6 Å². The van der Waals surface area contributed by atoms with Gasteiger partial charge in [-0.1, -0.05) is 62.3 Å². The Balaban J connectivity index is 2.07. The summed E-state index contributed by atoms with van der Waals surface area (Å²) in [6.07, 6.45) is 0. The third kappa shape index (κ3) is 5.06. The Morgan fingerprint density at radius 3 is 2.34 bits per heavy atom. The Kier molecular flexibility index (Phi) is 6.81.